The molecule has 0 radical (unpaired) electrons. The van der Waals surface area contributed by atoms with Crippen molar-refractivity contribution >= 4 is 21.9 Å². The first-order valence-electron chi connectivity index (χ1n) is 5.28. The molecular formula is C13H11BrO4. The van der Waals surface area contributed by atoms with E-state index in [1.807, 2.05) is 24.3 Å². The minimum Gasteiger partial charge on any atom is -0.478 e. The number of aromatic carboxylic acids is 1. The largest absolute Gasteiger partial charge is 0.478 e. The molecule has 0 unspecified atom stereocenters. The van der Waals surface area contributed by atoms with Gasteiger partial charge in [0.1, 0.15) is 18.6 Å². The second-order valence-electron chi connectivity index (χ2n) is 3.73. The van der Waals surface area contributed by atoms with E-state index >= 15 is 0 Å². The summed E-state index contributed by atoms with van der Waals surface area (Å²) in [4.78, 5) is 10.6. The molecule has 1 heterocycles. The number of carboxylic acids is 1. The molecule has 4 nitrogen and oxygen atoms in total. The van der Waals surface area contributed by atoms with E-state index in [1.165, 1.54) is 12.3 Å². The van der Waals surface area contributed by atoms with Crippen molar-refractivity contribution in [3.05, 3.63) is 58.0 Å². The van der Waals surface area contributed by atoms with Crippen LogP contribution in [-0.4, -0.2) is 11.1 Å². The highest BCUT2D eigenvalue weighted by molar-refractivity contribution is 9.10. The van der Waals surface area contributed by atoms with Crippen LogP contribution in [-0.2, 0) is 18.0 Å². The van der Waals surface area contributed by atoms with E-state index in [4.69, 9.17) is 14.3 Å². The summed E-state index contributed by atoms with van der Waals surface area (Å²) in [5.74, 6) is -0.498. The Labute approximate surface area is 112 Å². The minimum atomic E-state index is -1.00. The molecule has 1 aromatic carbocycles. The van der Waals surface area contributed by atoms with Gasteiger partial charge in [0.2, 0.25) is 0 Å². The summed E-state index contributed by atoms with van der Waals surface area (Å²) in [5.41, 5.74) is 1.18. The summed E-state index contributed by atoms with van der Waals surface area (Å²) in [6, 6.07) is 9.25. The summed E-state index contributed by atoms with van der Waals surface area (Å²) in [7, 11) is 0. The molecule has 0 fully saturated rings. The molecule has 94 valence electrons. The van der Waals surface area contributed by atoms with Gasteiger partial charge >= 0.3 is 5.97 Å². The van der Waals surface area contributed by atoms with Crippen LogP contribution in [0.3, 0.4) is 0 Å². The summed E-state index contributed by atoms with van der Waals surface area (Å²) in [6.07, 6.45) is 1.21. The van der Waals surface area contributed by atoms with Gasteiger partial charge in [-0.15, -0.1) is 0 Å². The molecule has 0 aliphatic heterocycles. The maximum Gasteiger partial charge on any atom is 0.338 e. The SMILES string of the molecule is O=C(O)c1coc(COCc2ccc(Br)cc2)c1. The number of halogens is 1. The van der Waals surface area contributed by atoms with E-state index in [0.717, 1.165) is 10.0 Å². The van der Waals surface area contributed by atoms with E-state index in [-0.39, 0.29) is 12.2 Å². The van der Waals surface area contributed by atoms with Crippen molar-refractivity contribution in [1.82, 2.24) is 0 Å². The maximum absolute atomic E-state index is 10.6. The van der Waals surface area contributed by atoms with Crippen molar-refractivity contribution in [2.45, 2.75) is 13.2 Å². The van der Waals surface area contributed by atoms with Gasteiger partial charge < -0.3 is 14.3 Å². The normalized spacial score (nSPS) is 10.5. The second-order valence-corrected chi connectivity index (χ2v) is 4.64. The molecule has 2 rings (SSSR count). The maximum atomic E-state index is 10.6. The molecule has 18 heavy (non-hydrogen) atoms. The third kappa shape index (κ3) is 3.45. The van der Waals surface area contributed by atoms with Crippen LogP contribution in [0, 0.1) is 0 Å². The van der Waals surface area contributed by atoms with Gasteiger partial charge in [-0.2, -0.15) is 0 Å². The van der Waals surface area contributed by atoms with Gasteiger partial charge in [0.05, 0.1) is 12.2 Å². The van der Waals surface area contributed by atoms with Gasteiger partial charge in [-0.05, 0) is 23.8 Å². The summed E-state index contributed by atoms with van der Waals surface area (Å²) in [5, 5.41) is 8.72. The molecule has 2 aromatic rings. The Morgan fingerprint density at radius 3 is 2.61 bits per heavy atom. The Bertz CT molecular complexity index is 530. The molecule has 5 heteroatoms. The van der Waals surface area contributed by atoms with Crippen LogP contribution >= 0.6 is 15.9 Å². The molecule has 0 aliphatic carbocycles. The summed E-state index contributed by atoms with van der Waals surface area (Å²) < 4.78 is 11.5. The highest BCUT2D eigenvalue weighted by atomic mass is 79.9. The van der Waals surface area contributed by atoms with Crippen LogP contribution in [0.5, 0.6) is 0 Å². The third-order valence-corrected chi connectivity index (χ3v) is 2.86. The van der Waals surface area contributed by atoms with Crippen molar-refractivity contribution in [3.63, 3.8) is 0 Å². The Morgan fingerprint density at radius 2 is 2.00 bits per heavy atom. The van der Waals surface area contributed by atoms with Crippen molar-refractivity contribution < 1.29 is 19.1 Å². The van der Waals surface area contributed by atoms with Gasteiger partial charge in [-0.3, -0.25) is 0 Å². The van der Waals surface area contributed by atoms with Gasteiger partial charge in [0.25, 0.3) is 0 Å². The smallest absolute Gasteiger partial charge is 0.338 e. The van der Waals surface area contributed by atoms with E-state index in [1.54, 1.807) is 0 Å². The third-order valence-electron chi connectivity index (χ3n) is 2.33. The van der Waals surface area contributed by atoms with Crippen LogP contribution in [0.4, 0.5) is 0 Å². The lowest BCUT2D eigenvalue weighted by Gasteiger charge is -2.02. The molecule has 0 saturated heterocycles. The quantitative estimate of drug-likeness (QED) is 0.918. The first-order valence-corrected chi connectivity index (χ1v) is 6.07. The first-order chi connectivity index (χ1) is 8.65. The van der Waals surface area contributed by atoms with Crippen molar-refractivity contribution in [1.29, 1.82) is 0 Å². The Morgan fingerprint density at radius 1 is 1.28 bits per heavy atom. The lowest BCUT2D eigenvalue weighted by Crippen LogP contribution is -1.94. The van der Waals surface area contributed by atoms with Crippen molar-refractivity contribution in [3.8, 4) is 0 Å². The fourth-order valence-electron chi connectivity index (χ4n) is 1.42. The number of hydrogen-bond donors (Lipinski definition) is 1. The molecule has 0 saturated carbocycles. The fourth-order valence-corrected chi connectivity index (χ4v) is 1.68. The van der Waals surface area contributed by atoms with Crippen LogP contribution in [0.25, 0.3) is 0 Å². The van der Waals surface area contributed by atoms with E-state index in [2.05, 4.69) is 15.9 Å². The molecule has 1 aromatic heterocycles. The molecule has 0 bridgehead atoms. The lowest BCUT2D eigenvalue weighted by atomic mass is 10.2. The number of carboxylic acid groups (broad SMARTS) is 1. The zero-order chi connectivity index (χ0) is 13.0. The molecule has 1 N–H and O–H groups in total. The predicted octanol–water partition coefficient (Wildman–Crippen LogP) is 3.46. The average Bonchev–Trinajstić information content (AvgIpc) is 2.81. The zero-order valence-corrected chi connectivity index (χ0v) is 11.0. The highest BCUT2D eigenvalue weighted by Crippen LogP contribution is 2.13. The number of ether oxygens (including phenoxy) is 1. The number of hydrogen-bond acceptors (Lipinski definition) is 3. The topological polar surface area (TPSA) is 59.7 Å². The van der Waals surface area contributed by atoms with E-state index < -0.39 is 5.97 Å². The first kappa shape index (κ1) is 12.9. The molecule has 0 atom stereocenters. The molecular weight excluding hydrogens is 300 g/mol. The highest BCUT2D eigenvalue weighted by Gasteiger charge is 2.07. The number of furan rings is 1. The number of benzene rings is 1. The average molecular weight is 311 g/mol. The Balaban J connectivity index is 1.84. The van der Waals surface area contributed by atoms with Gasteiger partial charge in [0, 0.05) is 4.47 Å². The van der Waals surface area contributed by atoms with Crippen molar-refractivity contribution in [2.75, 3.05) is 0 Å². The lowest BCUT2D eigenvalue weighted by molar-refractivity contribution is 0.0696. The number of carbonyl (C=O) groups is 1. The van der Waals surface area contributed by atoms with Crippen molar-refractivity contribution in [2.24, 2.45) is 0 Å². The van der Waals surface area contributed by atoms with E-state index in [9.17, 15) is 4.79 Å². The predicted molar refractivity (Wildman–Crippen MR) is 68.3 cm³/mol. The van der Waals surface area contributed by atoms with Crippen LogP contribution in [0.1, 0.15) is 21.7 Å². The molecule has 0 aliphatic rings. The van der Waals surface area contributed by atoms with Crippen LogP contribution in [0.15, 0.2) is 45.5 Å². The Hall–Kier alpha value is -1.59. The van der Waals surface area contributed by atoms with Crippen LogP contribution < -0.4 is 0 Å². The molecule has 0 amide bonds. The zero-order valence-electron chi connectivity index (χ0n) is 9.43. The van der Waals surface area contributed by atoms with E-state index in [0.29, 0.717) is 12.4 Å². The second kappa shape index (κ2) is 5.84. The number of rotatable bonds is 5. The monoisotopic (exact) mass is 310 g/mol. The van der Waals surface area contributed by atoms with Gasteiger partial charge in [0.15, 0.2) is 0 Å². The van der Waals surface area contributed by atoms with Gasteiger partial charge in [-0.1, -0.05) is 28.1 Å². The fraction of sp³-hybridized carbons (Fsp3) is 0.154. The van der Waals surface area contributed by atoms with Gasteiger partial charge in [-0.25, -0.2) is 4.79 Å². The standard InChI is InChI=1S/C13H11BrO4/c14-11-3-1-9(2-4-11)6-17-8-12-5-10(7-18-12)13(15)16/h1-5,7H,6,8H2,(H,15,16). The minimum absolute atomic E-state index is 0.136. The summed E-state index contributed by atoms with van der Waals surface area (Å²) >= 11 is 3.36. The Kier molecular flexibility index (Phi) is 4.17. The summed E-state index contributed by atoms with van der Waals surface area (Å²) in [6.45, 7) is 0.708. The van der Waals surface area contributed by atoms with Crippen LogP contribution in [0.2, 0.25) is 0 Å². The molecule has 0 spiro atoms.